The molecule has 0 unspecified atom stereocenters. The van der Waals surface area contributed by atoms with Gasteiger partial charge < -0.3 is 14.6 Å². The van der Waals surface area contributed by atoms with Gasteiger partial charge in [-0.2, -0.15) is 4.98 Å². The molecule has 5 nitrogen and oxygen atoms in total. The molecule has 3 heterocycles. The summed E-state index contributed by atoms with van der Waals surface area (Å²) < 4.78 is 5.36. The van der Waals surface area contributed by atoms with Crippen LogP contribution in [-0.4, -0.2) is 16.5 Å². The molecule has 0 amide bonds. The van der Waals surface area contributed by atoms with Gasteiger partial charge in [-0.25, -0.2) is 4.98 Å². The van der Waals surface area contributed by atoms with E-state index in [0.29, 0.717) is 6.54 Å². The number of aryl methyl sites for hydroxylation is 2. The van der Waals surface area contributed by atoms with Gasteiger partial charge in [0.2, 0.25) is 5.95 Å². The molecule has 5 heteroatoms. The van der Waals surface area contributed by atoms with E-state index >= 15 is 0 Å². The monoisotopic (exact) mass is 320 g/mol. The van der Waals surface area contributed by atoms with Crippen molar-refractivity contribution in [1.82, 2.24) is 9.97 Å². The highest BCUT2D eigenvalue weighted by Crippen LogP contribution is 2.31. The lowest BCUT2D eigenvalue weighted by atomic mass is 10.0. The lowest BCUT2D eigenvalue weighted by Crippen LogP contribution is -2.26. The summed E-state index contributed by atoms with van der Waals surface area (Å²) in [5.41, 5.74) is 3.52. The molecular weight excluding hydrogens is 300 g/mol. The van der Waals surface area contributed by atoms with Gasteiger partial charge in [0.15, 0.2) is 0 Å². The van der Waals surface area contributed by atoms with Crippen LogP contribution in [0.25, 0.3) is 0 Å². The van der Waals surface area contributed by atoms with Crippen molar-refractivity contribution in [3.05, 3.63) is 65.7 Å². The van der Waals surface area contributed by atoms with Gasteiger partial charge >= 0.3 is 0 Å². The Balaban J connectivity index is 1.62. The highest BCUT2D eigenvalue weighted by atomic mass is 16.3. The van der Waals surface area contributed by atoms with E-state index in [-0.39, 0.29) is 0 Å². The Morgan fingerprint density at radius 2 is 2.08 bits per heavy atom. The van der Waals surface area contributed by atoms with Crippen molar-refractivity contribution in [3.63, 3.8) is 0 Å². The molecule has 0 spiro atoms. The third kappa shape index (κ3) is 2.97. The van der Waals surface area contributed by atoms with Crippen LogP contribution >= 0.6 is 0 Å². The summed E-state index contributed by atoms with van der Waals surface area (Å²) in [5.74, 6) is 2.46. The van der Waals surface area contributed by atoms with E-state index in [4.69, 9.17) is 9.40 Å². The second-order valence-electron chi connectivity index (χ2n) is 6.01. The minimum atomic E-state index is 0.611. The van der Waals surface area contributed by atoms with Crippen molar-refractivity contribution in [2.24, 2.45) is 0 Å². The molecule has 0 fully saturated rings. The first-order valence-corrected chi connectivity index (χ1v) is 8.27. The molecule has 1 aliphatic heterocycles. The van der Waals surface area contributed by atoms with E-state index in [1.54, 1.807) is 6.26 Å². The predicted octanol–water partition coefficient (Wildman–Crippen LogP) is 4.07. The maximum Gasteiger partial charge on any atom is 0.232 e. The van der Waals surface area contributed by atoms with Crippen molar-refractivity contribution >= 4 is 17.5 Å². The second-order valence-corrected chi connectivity index (χ2v) is 6.01. The summed E-state index contributed by atoms with van der Waals surface area (Å²) in [6, 6.07) is 14.3. The van der Waals surface area contributed by atoms with Crippen molar-refractivity contribution in [3.8, 4) is 0 Å². The number of nitrogens with one attached hydrogen (secondary N) is 1. The zero-order chi connectivity index (χ0) is 16.4. The van der Waals surface area contributed by atoms with E-state index in [1.807, 2.05) is 25.1 Å². The second kappa shape index (κ2) is 6.35. The highest BCUT2D eigenvalue weighted by molar-refractivity contribution is 5.64. The SMILES string of the molecule is Cc1cc(NCc2ccco2)nc(N2CCCc3ccccc32)n1. The molecule has 1 N–H and O–H groups in total. The van der Waals surface area contributed by atoms with Crippen LogP contribution in [0.3, 0.4) is 0 Å². The fraction of sp³-hybridized carbons (Fsp3) is 0.263. The number of anilines is 3. The first-order chi connectivity index (χ1) is 11.8. The zero-order valence-corrected chi connectivity index (χ0v) is 13.7. The summed E-state index contributed by atoms with van der Waals surface area (Å²) in [6.07, 6.45) is 3.91. The van der Waals surface area contributed by atoms with Crippen molar-refractivity contribution in [2.75, 3.05) is 16.8 Å². The van der Waals surface area contributed by atoms with Crippen molar-refractivity contribution in [2.45, 2.75) is 26.3 Å². The number of aromatic nitrogens is 2. The number of rotatable bonds is 4. The largest absolute Gasteiger partial charge is 0.467 e. The molecule has 0 bridgehead atoms. The number of nitrogens with zero attached hydrogens (tertiary/aromatic N) is 3. The molecule has 0 aliphatic carbocycles. The van der Waals surface area contributed by atoms with Gasteiger partial charge in [-0.1, -0.05) is 18.2 Å². The van der Waals surface area contributed by atoms with Gasteiger partial charge in [0.1, 0.15) is 11.6 Å². The lowest BCUT2D eigenvalue weighted by Gasteiger charge is -2.29. The van der Waals surface area contributed by atoms with E-state index in [2.05, 4.69) is 39.5 Å². The molecule has 0 atom stereocenters. The Kier molecular flexibility index (Phi) is 3.91. The van der Waals surface area contributed by atoms with Crippen molar-refractivity contribution < 1.29 is 4.42 Å². The van der Waals surface area contributed by atoms with Crippen LogP contribution in [0.2, 0.25) is 0 Å². The first-order valence-electron chi connectivity index (χ1n) is 8.27. The average Bonchev–Trinajstić information content (AvgIpc) is 3.12. The van der Waals surface area contributed by atoms with Crippen molar-refractivity contribution in [1.29, 1.82) is 0 Å². The quantitative estimate of drug-likeness (QED) is 0.785. The van der Waals surface area contributed by atoms with Gasteiger partial charge in [0, 0.05) is 24.0 Å². The van der Waals surface area contributed by atoms with E-state index in [1.165, 1.54) is 11.3 Å². The summed E-state index contributed by atoms with van der Waals surface area (Å²) in [7, 11) is 0. The summed E-state index contributed by atoms with van der Waals surface area (Å²) >= 11 is 0. The molecular formula is C19H20N4O. The molecule has 1 aromatic carbocycles. The Labute approximate surface area is 141 Å². The number of fused-ring (bicyclic) bond motifs is 1. The number of para-hydroxylation sites is 1. The minimum absolute atomic E-state index is 0.611. The Hall–Kier alpha value is -2.82. The lowest BCUT2D eigenvalue weighted by molar-refractivity contribution is 0.518. The standard InChI is InChI=1S/C19H20N4O/c1-14-12-18(20-13-16-8-5-11-24-16)22-19(21-14)23-10-4-7-15-6-2-3-9-17(15)23/h2-3,5-6,8-9,11-12H,4,7,10,13H2,1H3,(H,20,21,22). The van der Waals surface area contributed by atoms with Crippen LogP contribution in [0.4, 0.5) is 17.5 Å². The van der Waals surface area contributed by atoms with Crippen LogP contribution in [0.15, 0.2) is 53.1 Å². The first kappa shape index (κ1) is 14.8. The molecule has 2 aromatic heterocycles. The normalized spacial score (nSPS) is 13.6. The van der Waals surface area contributed by atoms with E-state index < -0.39 is 0 Å². The van der Waals surface area contributed by atoms with Crippen LogP contribution in [0, 0.1) is 6.92 Å². The van der Waals surface area contributed by atoms with Crippen LogP contribution in [0.5, 0.6) is 0 Å². The molecule has 0 radical (unpaired) electrons. The maximum atomic E-state index is 5.36. The summed E-state index contributed by atoms with van der Waals surface area (Å²) in [6.45, 7) is 3.55. The Morgan fingerprint density at radius 3 is 2.96 bits per heavy atom. The maximum absolute atomic E-state index is 5.36. The predicted molar refractivity (Wildman–Crippen MR) is 94.6 cm³/mol. The van der Waals surface area contributed by atoms with Gasteiger partial charge in [0.05, 0.1) is 12.8 Å². The molecule has 24 heavy (non-hydrogen) atoms. The number of hydrogen-bond donors (Lipinski definition) is 1. The highest BCUT2D eigenvalue weighted by Gasteiger charge is 2.20. The van der Waals surface area contributed by atoms with Gasteiger partial charge in [-0.15, -0.1) is 0 Å². The average molecular weight is 320 g/mol. The minimum Gasteiger partial charge on any atom is -0.467 e. The number of hydrogen-bond acceptors (Lipinski definition) is 5. The smallest absolute Gasteiger partial charge is 0.232 e. The third-order valence-corrected chi connectivity index (χ3v) is 4.22. The van der Waals surface area contributed by atoms with Gasteiger partial charge in [0.25, 0.3) is 0 Å². The van der Waals surface area contributed by atoms with Gasteiger partial charge in [-0.3, -0.25) is 0 Å². The molecule has 1 aliphatic rings. The Bertz CT molecular complexity index is 829. The number of benzene rings is 1. The zero-order valence-electron chi connectivity index (χ0n) is 13.7. The van der Waals surface area contributed by atoms with Crippen LogP contribution in [-0.2, 0) is 13.0 Å². The molecule has 3 aromatic rings. The fourth-order valence-corrected chi connectivity index (χ4v) is 3.10. The molecule has 0 saturated carbocycles. The third-order valence-electron chi connectivity index (χ3n) is 4.22. The topological polar surface area (TPSA) is 54.2 Å². The van der Waals surface area contributed by atoms with Gasteiger partial charge in [-0.05, 0) is 43.5 Å². The summed E-state index contributed by atoms with van der Waals surface area (Å²) in [5, 5.41) is 3.32. The van der Waals surface area contributed by atoms with E-state index in [9.17, 15) is 0 Å². The molecule has 122 valence electrons. The van der Waals surface area contributed by atoms with Crippen LogP contribution < -0.4 is 10.2 Å². The van der Waals surface area contributed by atoms with E-state index in [0.717, 1.165) is 42.6 Å². The molecule has 4 rings (SSSR count). The summed E-state index contributed by atoms with van der Waals surface area (Å²) in [4.78, 5) is 11.6. The molecule has 0 saturated heterocycles. The Morgan fingerprint density at radius 1 is 1.17 bits per heavy atom. The fourth-order valence-electron chi connectivity index (χ4n) is 3.10. The van der Waals surface area contributed by atoms with Crippen LogP contribution in [0.1, 0.15) is 23.4 Å². The number of furan rings is 1.